The third-order valence-electron chi connectivity index (χ3n) is 5.63. The Morgan fingerprint density at radius 2 is 2.00 bits per heavy atom. The Labute approximate surface area is 103 Å². The average molecular weight is 234 g/mol. The zero-order valence-corrected chi connectivity index (χ0v) is 10.9. The van der Waals surface area contributed by atoms with Crippen LogP contribution < -0.4 is 0 Å². The highest BCUT2D eigenvalue weighted by Gasteiger charge is 2.58. The second-order valence-electron chi connectivity index (χ2n) is 6.41. The summed E-state index contributed by atoms with van der Waals surface area (Å²) in [6.45, 7) is 8.54. The lowest BCUT2D eigenvalue weighted by molar-refractivity contribution is -0.175. The van der Waals surface area contributed by atoms with Crippen molar-refractivity contribution >= 4 is 5.97 Å². The molecule has 0 aromatic heterocycles. The van der Waals surface area contributed by atoms with Crippen LogP contribution in [0, 0.1) is 23.7 Å². The van der Waals surface area contributed by atoms with Crippen molar-refractivity contribution in [2.75, 3.05) is 0 Å². The van der Waals surface area contributed by atoms with Crippen LogP contribution in [0.25, 0.3) is 0 Å². The predicted molar refractivity (Wildman–Crippen MR) is 66.4 cm³/mol. The van der Waals surface area contributed by atoms with E-state index in [1.807, 2.05) is 0 Å². The van der Waals surface area contributed by atoms with Crippen LogP contribution in [0.5, 0.6) is 0 Å². The third-order valence-corrected chi connectivity index (χ3v) is 5.63. The van der Waals surface area contributed by atoms with Gasteiger partial charge in [-0.25, -0.2) is 4.79 Å². The summed E-state index contributed by atoms with van der Waals surface area (Å²) >= 11 is 0. The Balaban J connectivity index is 2.04. The maximum atomic E-state index is 12.0. The monoisotopic (exact) mass is 234 g/mol. The Bertz CT molecular complexity index is 373. The molecule has 5 atom stereocenters. The molecule has 2 saturated carbocycles. The van der Waals surface area contributed by atoms with E-state index in [0.717, 1.165) is 18.4 Å². The summed E-state index contributed by atoms with van der Waals surface area (Å²) in [5.41, 5.74) is 0.571. The summed E-state index contributed by atoms with van der Waals surface area (Å²) in [6, 6.07) is 0. The number of fused-ring (bicyclic) bond motifs is 1. The van der Waals surface area contributed by atoms with Gasteiger partial charge in [0.25, 0.3) is 0 Å². The first-order chi connectivity index (χ1) is 8.04. The molecule has 94 valence electrons. The van der Waals surface area contributed by atoms with Gasteiger partial charge in [0.2, 0.25) is 0 Å². The Morgan fingerprint density at radius 3 is 2.76 bits per heavy atom. The second kappa shape index (κ2) is 3.60. The summed E-state index contributed by atoms with van der Waals surface area (Å²) in [7, 11) is 0. The van der Waals surface area contributed by atoms with Crippen LogP contribution >= 0.6 is 0 Å². The van der Waals surface area contributed by atoms with Crippen molar-refractivity contribution in [1.29, 1.82) is 0 Å². The standard InChI is InChI=1S/C15H22O2/c1-9-4-6-12-8-15(17-14(16)11(12)3)10(2)5-7-13(9)15/h9-10,12-13H,3-8H2,1-2H3. The van der Waals surface area contributed by atoms with Crippen LogP contribution in [-0.2, 0) is 9.53 Å². The van der Waals surface area contributed by atoms with Gasteiger partial charge in [-0.3, -0.25) is 0 Å². The Morgan fingerprint density at radius 1 is 1.24 bits per heavy atom. The van der Waals surface area contributed by atoms with Gasteiger partial charge in [0.05, 0.1) is 0 Å². The van der Waals surface area contributed by atoms with Crippen molar-refractivity contribution in [2.45, 2.75) is 51.6 Å². The van der Waals surface area contributed by atoms with E-state index >= 15 is 0 Å². The molecule has 1 aliphatic heterocycles. The van der Waals surface area contributed by atoms with Gasteiger partial charge in [-0.2, -0.15) is 0 Å². The molecule has 0 radical (unpaired) electrons. The van der Waals surface area contributed by atoms with E-state index in [0.29, 0.717) is 23.7 Å². The highest BCUT2D eigenvalue weighted by molar-refractivity contribution is 5.89. The number of carbonyl (C=O) groups excluding carboxylic acids is 1. The minimum Gasteiger partial charge on any atom is -0.455 e. The molecule has 2 bridgehead atoms. The maximum absolute atomic E-state index is 12.0. The van der Waals surface area contributed by atoms with Gasteiger partial charge in [-0.05, 0) is 49.9 Å². The summed E-state index contributed by atoms with van der Waals surface area (Å²) in [5, 5.41) is 0. The Kier molecular flexibility index (Phi) is 2.39. The van der Waals surface area contributed by atoms with Crippen molar-refractivity contribution in [3.8, 4) is 0 Å². The molecule has 3 rings (SSSR count). The molecule has 5 unspecified atom stereocenters. The molecule has 0 N–H and O–H groups in total. The molecule has 0 amide bonds. The van der Waals surface area contributed by atoms with Crippen LogP contribution in [0.4, 0.5) is 0 Å². The minimum absolute atomic E-state index is 0.117. The van der Waals surface area contributed by atoms with Gasteiger partial charge < -0.3 is 4.74 Å². The normalized spacial score (nSPS) is 49.5. The van der Waals surface area contributed by atoms with Gasteiger partial charge in [0.15, 0.2) is 0 Å². The predicted octanol–water partition coefficient (Wildman–Crippen LogP) is 3.32. The highest BCUT2D eigenvalue weighted by Crippen LogP contribution is 2.56. The molecule has 1 saturated heterocycles. The molecule has 0 aromatic rings. The molecule has 2 nitrogen and oxygen atoms in total. The van der Waals surface area contributed by atoms with Crippen molar-refractivity contribution in [3.63, 3.8) is 0 Å². The number of carbonyl (C=O) groups is 1. The molecule has 2 aliphatic carbocycles. The number of ether oxygens (including phenoxy) is 1. The number of hydrogen-bond donors (Lipinski definition) is 0. The molecule has 17 heavy (non-hydrogen) atoms. The summed E-state index contributed by atoms with van der Waals surface area (Å²) in [5.74, 6) is 2.05. The molecule has 2 heteroatoms. The van der Waals surface area contributed by atoms with Gasteiger partial charge in [-0.15, -0.1) is 0 Å². The molecule has 1 spiro atoms. The lowest BCUT2D eigenvalue weighted by atomic mass is 9.73. The zero-order chi connectivity index (χ0) is 12.2. The molecule has 3 aliphatic rings. The molecular formula is C15H22O2. The second-order valence-corrected chi connectivity index (χ2v) is 6.41. The largest absolute Gasteiger partial charge is 0.455 e. The van der Waals surface area contributed by atoms with Crippen LogP contribution in [-0.4, -0.2) is 11.6 Å². The first-order valence-electron chi connectivity index (χ1n) is 6.96. The molecule has 1 heterocycles. The van der Waals surface area contributed by atoms with Crippen LogP contribution in [0.1, 0.15) is 46.0 Å². The van der Waals surface area contributed by atoms with E-state index in [1.54, 1.807) is 0 Å². The first-order valence-corrected chi connectivity index (χ1v) is 6.96. The van der Waals surface area contributed by atoms with Gasteiger partial charge in [-0.1, -0.05) is 20.4 Å². The van der Waals surface area contributed by atoms with Crippen molar-refractivity contribution < 1.29 is 9.53 Å². The van der Waals surface area contributed by atoms with E-state index < -0.39 is 0 Å². The fraction of sp³-hybridized carbons (Fsp3) is 0.800. The fourth-order valence-corrected chi connectivity index (χ4v) is 4.47. The zero-order valence-electron chi connectivity index (χ0n) is 10.9. The summed E-state index contributed by atoms with van der Waals surface area (Å²) in [4.78, 5) is 12.0. The van der Waals surface area contributed by atoms with Crippen LogP contribution in [0.2, 0.25) is 0 Å². The van der Waals surface area contributed by atoms with E-state index in [2.05, 4.69) is 20.4 Å². The first kappa shape index (κ1) is 11.3. The summed E-state index contributed by atoms with van der Waals surface area (Å²) < 4.78 is 5.91. The summed E-state index contributed by atoms with van der Waals surface area (Å²) in [6.07, 6.45) is 5.82. The van der Waals surface area contributed by atoms with Crippen LogP contribution in [0.15, 0.2) is 12.2 Å². The Hall–Kier alpha value is -0.790. The lowest BCUT2D eigenvalue weighted by Gasteiger charge is -2.44. The quantitative estimate of drug-likeness (QED) is 0.475. The number of rotatable bonds is 0. The number of esters is 1. The van der Waals surface area contributed by atoms with Crippen molar-refractivity contribution in [1.82, 2.24) is 0 Å². The topological polar surface area (TPSA) is 26.3 Å². The van der Waals surface area contributed by atoms with Gasteiger partial charge >= 0.3 is 5.97 Å². The van der Waals surface area contributed by atoms with Crippen molar-refractivity contribution in [2.24, 2.45) is 23.7 Å². The maximum Gasteiger partial charge on any atom is 0.334 e. The lowest BCUT2D eigenvalue weighted by Crippen LogP contribution is -2.49. The molecule has 3 fully saturated rings. The van der Waals surface area contributed by atoms with Gasteiger partial charge in [0, 0.05) is 11.5 Å². The van der Waals surface area contributed by atoms with Gasteiger partial charge in [0.1, 0.15) is 5.60 Å². The van der Waals surface area contributed by atoms with E-state index in [-0.39, 0.29) is 11.6 Å². The minimum atomic E-state index is -0.154. The molecular weight excluding hydrogens is 212 g/mol. The van der Waals surface area contributed by atoms with E-state index in [1.165, 1.54) is 19.3 Å². The van der Waals surface area contributed by atoms with Crippen LogP contribution in [0.3, 0.4) is 0 Å². The van der Waals surface area contributed by atoms with Crippen molar-refractivity contribution in [3.05, 3.63) is 12.2 Å². The fourth-order valence-electron chi connectivity index (χ4n) is 4.47. The third kappa shape index (κ3) is 1.42. The van der Waals surface area contributed by atoms with E-state index in [4.69, 9.17) is 4.74 Å². The highest BCUT2D eigenvalue weighted by atomic mass is 16.6. The average Bonchev–Trinajstić information content (AvgIpc) is 2.52. The van der Waals surface area contributed by atoms with E-state index in [9.17, 15) is 4.79 Å². The molecule has 0 aromatic carbocycles. The smallest absolute Gasteiger partial charge is 0.334 e. The number of hydrogen-bond acceptors (Lipinski definition) is 2. The SMILES string of the molecule is C=C1C(=O)OC23CC1CCC(C)C2CCC3C.